The lowest BCUT2D eigenvalue weighted by Crippen LogP contribution is -2.35. The van der Waals surface area contributed by atoms with Gasteiger partial charge >= 0.3 is 6.09 Å². The van der Waals surface area contributed by atoms with E-state index < -0.39 is 11.7 Å². The van der Waals surface area contributed by atoms with E-state index in [2.05, 4.69) is 15.4 Å². The number of hydrogen-bond acceptors (Lipinski definition) is 6. The van der Waals surface area contributed by atoms with E-state index in [0.717, 1.165) is 19.3 Å². The second-order valence-electron chi connectivity index (χ2n) is 8.11. The summed E-state index contributed by atoms with van der Waals surface area (Å²) < 4.78 is 12.1. The standard InChI is InChI=1S/C19H26ClN5O4/c1-19(2,3)29-18(27)24(4)15-9-14(20)23-16-13(10-21-25(15)16)17(26)22-11-6-7-12(8-11)28-5/h9-12H,6-8H2,1-5H3,(H,22,26)/t11?,12-/m1/s1. The van der Waals surface area contributed by atoms with Crippen molar-refractivity contribution < 1.29 is 19.1 Å². The van der Waals surface area contributed by atoms with Crippen LogP contribution in [0.1, 0.15) is 50.4 Å². The lowest BCUT2D eigenvalue weighted by atomic mass is 10.2. The van der Waals surface area contributed by atoms with Crippen LogP contribution in [0.3, 0.4) is 0 Å². The summed E-state index contributed by atoms with van der Waals surface area (Å²) in [4.78, 5) is 30.8. The first-order valence-electron chi connectivity index (χ1n) is 9.43. The van der Waals surface area contributed by atoms with E-state index in [0.29, 0.717) is 5.82 Å². The minimum Gasteiger partial charge on any atom is -0.443 e. The quantitative estimate of drug-likeness (QED) is 0.759. The number of methoxy groups -OCH3 is 1. The number of hydrogen-bond donors (Lipinski definition) is 1. The van der Waals surface area contributed by atoms with Crippen LogP contribution >= 0.6 is 11.6 Å². The van der Waals surface area contributed by atoms with Crippen molar-refractivity contribution in [3.05, 3.63) is 23.0 Å². The summed E-state index contributed by atoms with van der Waals surface area (Å²) in [5.74, 6) is 0.0519. The third-order valence-electron chi connectivity index (χ3n) is 4.73. The molecular weight excluding hydrogens is 398 g/mol. The van der Waals surface area contributed by atoms with Crippen LogP contribution in [0.15, 0.2) is 12.3 Å². The van der Waals surface area contributed by atoms with E-state index in [9.17, 15) is 9.59 Å². The molecule has 0 spiro atoms. The van der Waals surface area contributed by atoms with Gasteiger partial charge in [0.05, 0.1) is 12.3 Å². The SMILES string of the molecule is CO[C@@H]1CCC(NC(=O)c2cnn3c(N(C)C(=O)OC(C)(C)C)cc(Cl)nc23)C1. The number of nitrogens with one attached hydrogen (secondary N) is 1. The summed E-state index contributed by atoms with van der Waals surface area (Å²) in [6.45, 7) is 5.34. The summed E-state index contributed by atoms with van der Waals surface area (Å²) in [6, 6.07) is 1.53. The fourth-order valence-corrected chi connectivity index (χ4v) is 3.47. The first-order chi connectivity index (χ1) is 13.6. The third-order valence-corrected chi connectivity index (χ3v) is 4.92. The number of rotatable bonds is 4. The molecule has 2 amide bonds. The van der Waals surface area contributed by atoms with Crippen molar-refractivity contribution in [1.82, 2.24) is 19.9 Å². The Balaban J connectivity index is 1.87. The normalized spacial score (nSPS) is 19.4. The summed E-state index contributed by atoms with van der Waals surface area (Å²) >= 11 is 6.17. The Kier molecular flexibility index (Phi) is 6.00. The van der Waals surface area contributed by atoms with E-state index in [1.54, 1.807) is 34.9 Å². The molecule has 158 valence electrons. The van der Waals surface area contributed by atoms with Gasteiger partial charge in [0, 0.05) is 26.3 Å². The van der Waals surface area contributed by atoms with Gasteiger partial charge in [0.15, 0.2) is 5.65 Å². The number of carbonyl (C=O) groups is 2. The highest BCUT2D eigenvalue weighted by molar-refractivity contribution is 6.30. The maximum absolute atomic E-state index is 12.8. The van der Waals surface area contributed by atoms with E-state index >= 15 is 0 Å². The second kappa shape index (κ2) is 8.16. The Morgan fingerprint density at radius 3 is 2.69 bits per heavy atom. The van der Waals surface area contributed by atoms with Crippen LogP contribution in [0.2, 0.25) is 5.15 Å². The third kappa shape index (κ3) is 4.79. The molecule has 2 aromatic rings. The zero-order valence-electron chi connectivity index (χ0n) is 17.2. The molecule has 1 aliphatic carbocycles. The average Bonchev–Trinajstić information content (AvgIpc) is 3.25. The van der Waals surface area contributed by atoms with Crippen LogP contribution in [0.4, 0.5) is 10.6 Å². The molecular formula is C19H26ClN5O4. The number of aromatic nitrogens is 3. The number of anilines is 1. The number of nitrogens with zero attached hydrogens (tertiary/aromatic N) is 4. The Morgan fingerprint density at radius 1 is 1.34 bits per heavy atom. The van der Waals surface area contributed by atoms with Gasteiger partial charge in [0.2, 0.25) is 0 Å². The fraction of sp³-hybridized carbons (Fsp3) is 0.579. The number of carbonyl (C=O) groups excluding carboxylic acids is 2. The Bertz CT molecular complexity index is 923. The molecule has 0 bridgehead atoms. The average molecular weight is 424 g/mol. The van der Waals surface area contributed by atoms with Crippen molar-refractivity contribution in [2.24, 2.45) is 0 Å². The van der Waals surface area contributed by atoms with Gasteiger partial charge in [-0.25, -0.2) is 9.78 Å². The topological polar surface area (TPSA) is 98.1 Å². The molecule has 29 heavy (non-hydrogen) atoms. The largest absolute Gasteiger partial charge is 0.443 e. The van der Waals surface area contributed by atoms with E-state index in [4.69, 9.17) is 21.1 Å². The van der Waals surface area contributed by atoms with Crippen molar-refractivity contribution in [1.29, 1.82) is 0 Å². The van der Waals surface area contributed by atoms with Gasteiger partial charge in [-0.3, -0.25) is 9.69 Å². The van der Waals surface area contributed by atoms with E-state index in [1.165, 1.54) is 21.7 Å². The minimum atomic E-state index is -0.655. The molecule has 2 atom stereocenters. The lowest BCUT2D eigenvalue weighted by Gasteiger charge is -2.24. The molecule has 2 aromatic heterocycles. The van der Waals surface area contributed by atoms with Gasteiger partial charge in [0.1, 0.15) is 22.1 Å². The van der Waals surface area contributed by atoms with Gasteiger partial charge in [-0.2, -0.15) is 9.61 Å². The number of fused-ring (bicyclic) bond motifs is 1. The summed E-state index contributed by atoms with van der Waals surface area (Å²) in [5.41, 5.74) is -0.105. The molecule has 0 radical (unpaired) electrons. The van der Waals surface area contributed by atoms with Crippen LogP contribution in [-0.2, 0) is 9.47 Å². The van der Waals surface area contributed by atoms with Gasteiger partial charge < -0.3 is 14.8 Å². The van der Waals surface area contributed by atoms with E-state index in [1.807, 2.05) is 0 Å². The highest BCUT2D eigenvalue weighted by Crippen LogP contribution is 2.25. The Hall–Kier alpha value is -2.39. The maximum Gasteiger partial charge on any atom is 0.415 e. The molecule has 1 fully saturated rings. The van der Waals surface area contributed by atoms with Crippen molar-refractivity contribution in [3.8, 4) is 0 Å². The molecule has 0 aromatic carbocycles. The van der Waals surface area contributed by atoms with Gasteiger partial charge in [0.25, 0.3) is 5.91 Å². The van der Waals surface area contributed by atoms with Crippen LogP contribution in [-0.4, -0.2) is 58.5 Å². The summed E-state index contributed by atoms with van der Waals surface area (Å²) in [7, 11) is 3.22. The van der Waals surface area contributed by atoms with Crippen LogP contribution in [0.5, 0.6) is 0 Å². The van der Waals surface area contributed by atoms with Gasteiger partial charge in [-0.05, 0) is 40.0 Å². The molecule has 0 aliphatic heterocycles. The minimum absolute atomic E-state index is 0.0329. The van der Waals surface area contributed by atoms with Crippen LogP contribution in [0, 0.1) is 0 Å². The maximum atomic E-state index is 12.8. The number of amides is 2. The molecule has 0 saturated heterocycles. The summed E-state index contributed by atoms with van der Waals surface area (Å²) in [6.07, 6.45) is 3.53. The number of halogens is 1. The zero-order valence-corrected chi connectivity index (χ0v) is 18.0. The predicted molar refractivity (Wildman–Crippen MR) is 109 cm³/mol. The van der Waals surface area contributed by atoms with Crippen molar-refractivity contribution in [3.63, 3.8) is 0 Å². The molecule has 1 saturated carbocycles. The van der Waals surface area contributed by atoms with Gasteiger partial charge in [-0.1, -0.05) is 11.6 Å². The molecule has 1 unspecified atom stereocenters. The number of ether oxygens (including phenoxy) is 2. The van der Waals surface area contributed by atoms with E-state index in [-0.39, 0.29) is 34.4 Å². The first-order valence-corrected chi connectivity index (χ1v) is 9.81. The smallest absolute Gasteiger partial charge is 0.415 e. The molecule has 3 rings (SSSR count). The van der Waals surface area contributed by atoms with Gasteiger partial charge in [-0.15, -0.1) is 0 Å². The molecule has 2 heterocycles. The lowest BCUT2D eigenvalue weighted by molar-refractivity contribution is 0.0587. The molecule has 9 nitrogen and oxygen atoms in total. The van der Waals surface area contributed by atoms with Crippen LogP contribution < -0.4 is 10.2 Å². The predicted octanol–water partition coefficient (Wildman–Crippen LogP) is 3.05. The highest BCUT2D eigenvalue weighted by atomic mass is 35.5. The Morgan fingerprint density at radius 2 is 2.07 bits per heavy atom. The zero-order chi connectivity index (χ0) is 21.3. The van der Waals surface area contributed by atoms with Crippen molar-refractivity contribution >= 4 is 35.1 Å². The molecule has 1 aliphatic rings. The fourth-order valence-electron chi connectivity index (χ4n) is 3.29. The summed E-state index contributed by atoms with van der Waals surface area (Å²) in [5, 5.41) is 7.38. The monoisotopic (exact) mass is 423 g/mol. The molecule has 1 N–H and O–H groups in total. The molecule has 10 heteroatoms. The van der Waals surface area contributed by atoms with Crippen molar-refractivity contribution in [2.75, 3.05) is 19.1 Å². The Labute approximate surface area is 174 Å². The first kappa shape index (κ1) is 21.3. The second-order valence-corrected chi connectivity index (χ2v) is 8.50. The van der Waals surface area contributed by atoms with Crippen LogP contribution in [0.25, 0.3) is 5.65 Å². The van der Waals surface area contributed by atoms with Crippen molar-refractivity contribution in [2.45, 2.75) is 57.8 Å². The highest BCUT2D eigenvalue weighted by Gasteiger charge is 2.28.